The van der Waals surface area contributed by atoms with E-state index >= 15 is 0 Å². The number of aromatic nitrogens is 3. The van der Waals surface area contributed by atoms with Gasteiger partial charge in [-0.25, -0.2) is 9.67 Å². The molecule has 6 nitrogen and oxygen atoms in total. The maximum Gasteiger partial charge on any atom is 0.387 e. The van der Waals surface area contributed by atoms with Crippen LogP contribution in [0, 0.1) is 0 Å². The normalized spacial score (nSPS) is 11.1. The molecule has 0 saturated heterocycles. The lowest BCUT2D eigenvalue weighted by molar-refractivity contribution is -0.0497. The Bertz CT molecular complexity index is 1200. The Kier molecular flexibility index (Phi) is 5.58. The Morgan fingerprint density at radius 1 is 1.13 bits per heavy atom. The summed E-state index contributed by atoms with van der Waals surface area (Å²) in [4.78, 5) is 16.9. The highest BCUT2D eigenvalue weighted by Gasteiger charge is 2.13. The van der Waals surface area contributed by atoms with Gasteiger partial charge in [0.15, 0.2) is 5.65 Å². The van der Waals surface area contributed by atoms with Crippen molar-refractivity contribution in [2.75, 3.05) is 5.32 Å². The van der Waals surface area contributed by atoms with Crippen molar-refractivity contribution in [3.05, 3.63) is 83.1 Å². The maximum absolute atomic E-state index is 12.6. The second-order valence-electron chi connectivity index (χ2n) is 6.40. The van der Waals surface area contributed by atoms with Crippen LogP contribution in [0.4, 0.5) is 14.5 Å². The second kappa shape index (κ2) is 8.46. The molecule has 1 amide bonds. The Labute approximate surface area is 175 Å². The second-order valence-corrected chi connectivity index (χ2v) is 6.81. The van der Waals surface area contributed by atoms with Crippen molar-refractivity contribution in [1.29, 1.82) is 0 Å². The van der Waals surface area contributed by atoms with Gasteiger partial charge in [0, 0.05) is 17.3 Å². The van der Waals surface area contributed by atoms with Crippen LogP contribution < -0.4 is 10.1 Å². The summed E-state index contributed by atoms with van der Waals surface area (Å²) in [6.07, 6.45) is 3.10. The van der Waals surface area contributed by atoms with Gasteiger partial charge in [-0.1, -0.05) is 41.9 Å². The molecule has 0 aliphatic heterocycles. The first-order valence-electron chi connectivity index (χ1n) is 8.91. The quantitative estimate of drug-likeness (QED) is 0.470. The highest BCUT2D eigenvalue weighted by molar-refractivity contribution is 6.32. The molecule has 0 spiro atoms. The Hall–Kier alpha value is -3.52. The standard InChI is InChI=1S/C21H15ClF2N4O2/c22-17-9-16(6-7-18(17)30-21(23)24)27-20(29)15-8-14-11-26-28(19(14)25-10-15)12-13-4-2-1-3-5-13/h1-11,21H,12H2,(H,27,29). The minimum absolute atomic E-state index is 0.0381. The van der Waals surface area contributed by atoms with Crippen molar-refractivity contribution < 1.29 is 18.3 Å². The number of nitrogens with zero attached hydrogens (tertiary/aromatic N) is 3. The molecule has 4 aromatic rings. The SMILES string of the molecule is O=C(Nc1ccc(OC(F)F)c(Cl)c1)c1cnc2c(cnn2Cc2ccccc2)c1. The zero-order valence-corrected chi connectivity index (χ0v) is 16.2. The van der Waals surface area contributed by atoms with Crippen LogP contribution >= 0.6 is 11.6 Å². The van der Waals surface area contributed by atoms with E-state index in [4.69, 9.17) is 11.6 Å². The zero-order valence-electron chi connectivity index (χ0n) is 15.4. The molecule has 2 aromatic carbocycles. The molecular formula is C21H15ClF2N4O2. The summed E-state index contributed by atoms with van der Waals surface area (Å²) in [6.45, 7) is -2.42. The maximum atomic E-state index is 12.6. The van der Waals surface area contributed by atoms with E-state index in [1.54, 1.807) is 16.9 Å². The van der Waals surface area contributed by atoms with Gasteiger partial charge in [0.1, 0.15) is 5.75 Å². The highest BCUT2D eigenvalue weighted by Crippen LogP contribution is 2.29. The molecule has 2 heterocycles. The lowest BCUT2D eigenvalue weighted by Gasteiger charge is -2.10. The summed E-state index contributed by atoms with van der Waals surface area (Å²) in [6, 6.07) is 15.6. The van der Waals surface area contributed by atoms with Crippen molar-refractivity contribution in [3.8, 4) is 5.75 Å². The molecule has 4 rings (SSSR count). The summed E-state index contributed by atoms with van der Waals surface area (Å²) in [5, 5.41) is 7.69. The topological polar surface area (TPSA) is 69.0 Å². The van der Waals surface area contributed by atoms with E-state index in [0.717, 1.165) is 10.9 Å². The van der Waals surface area contributed by atoms with Crippen LogP contribution in [0.15, 0.2) is 67.0 Å². The van der Waals surface area contributed by atoms with Crippen LogP contribution in [-0.2, 0) is 6.54 Å². The number of fused-ring (bicyclic) bond motifs is 1. The van der Waals surface area contributed by atoms with Gasteiger partial charge in [0.05, 0.1) is 23.3 Å². The van der Waals surface area contributed by atoms with Gasteiger partial charge in [-0.3, -0.25) is 4.79 Å². The third-order valence-electron chi connectivity index (χ3n) is 4.32. The van der Waals surface area contributed by atoms with Gasteiger partial charge in [0.25, 0.3) is 5.91 Å². The first-order chi connectivity index (χ1) is 14.5. The molecular weight excluding hydrogens is 414 g/mol. The van der Waals surface area contributed by atoms with Gasteiger partial charge in [-0.15, -0.1) is 0 Å². The third kappa shape index (κ3) is 4.38. The van der Waals surface area contributed by atoms with Crippen LogP contribution in [0.25, 0.3) is 11.0 Å². The van der Waals surface area contributed by atoms with E-state index < -0.39 is 12.5 Å². The van der Waals surface area contributed by atoms with Gasteiger partial charge in [0.2, 0.25) is 0 Å². The Morgan fingerprint density at radius 3 is 2.67 bits per heavy atom. The summed E-state index contributed by atoms with van der Waals surface area (Å²) >= 11 is 5.92. The van der Waals surface area contributed by atoms with Gasteiger partial charge in [-0.05, 0) is 29.8 Å². The number of ether oxygens (including phenoxy) is 1. The molecule has 0 aliphatic rings. The number of benzene rings is 2. The molecule has 30 heavy (non-hydrogen) atoms. The average Bonchev–Trinajstić information content (AvgIpc) is 3.12. The fraction of sp³-hybridized carbons (Fsp3) is 0.0952. The predicted octanol–water partition coefficient (Wildman–Crippen LogP) is 4.99. The number of carbonyl (C=O) groups excluding carboxylic acids is 1. The van der Waals surface area contributed by atoms with Crippen LogP contribution in [-0.4, -0.2) is 27.3 Å². The predicted molar refractivity (Wildman–Crippen MR) is 109 cm³/mol. The minimum atomic E-state index is -2.98. The van der Waals surface area contributed by atoms with E-state index in [2.05, 4.69) is 20.1 Å². The fourth-order valence-corrected chi connectivity index (χ4v) is 3.17. The number of carbonyl (C=O) groups is 1. The van der Waals surface area contributed by atoms with Crippen LogP contribution in [0.5, 0.6) is 5.75 Å². The van der Waals surface area contributed by atoms with Crippen molar-refractivity contribution in [2.24, 2.45) is 0 Å². The van der Waals surface area contributed by atoms with Gasteiger partial charge >= 0.3 is 6.61 Å². The Balaban J connectivity index is 1.51. The van der Waals surface area contributed by atoms with E-state index in [9.17, 15) is 13.6 Å². The number of hydrogen-bond donors (Lipinski definition) is 1. The summed E-state index contributed by atoms with van der Waals surface area (Å²) in [7, 11) is 0. The number of nitrogens with one attached hydrogen (secondary N) is 1. The molecule has 2 aromatic heterocycles. The Morgan fingerprint density at radius 2 is 1.93 bits per heavy atom. The van der Waals surface area contributed by atoms with Gasteiger partial charge < -0.3 is 10.1 Å². The van der Waals surface area contributed by atoms with Crippen molar-refractivity contribution >= 4 is 34.2 Å². The first kappa shape index (κ1) is 19.8. The number of rotatable bonds is 6. The van der Waals surface area contributed by atoms with Crippen molar-refractivity contribution in [1.82, 2.24) is 14.8 Å². The van der Waals surface area contributed by atoms with E-state index in [1.807, 2.05) is 30.3 Å². The number of pyridine rings is 1. The monoisotopic (exact) mass is 428 g/mol. The molecule has 0 bridgehead atoms. The van der Waals surface area contributed by atoms with E-state index in [-0.39, 0.29) is 10.8 Å². The van der Waals surface area contributed by atoms with Crippen molar-refractivity contribution in [3.63, 3.8) is 0 Å². The molecule has 0 saturated carbocycles. The molecule has 152 valence electrons. The number of alkyl halides is 2. The number of anilines is 1. The summed E-state index contributed by atoms with van der Waals surface area (Å²) < 4.78 is 30.7. The third-order valence-corrected chi connectivity index (χ3v) is 4.61. The van der Waals surface area contributed by atoms with E-state index in [0.29, 0.717) is 23.4 Å². The first-order valence-corrected chi connectivity index (χ1v) is 9.28. The molecule has 0 atom stereocenters. The smallest absolute Gasteiger partial charge is 0.387 e. The summed E-state index contributed by atoms with van der Waals surface area (Å²) in [5.41, 5.74) is 2.41. The average molecular weight is 429 g/mol. The van der Waals surface area contributed by atoms with Crippen LogP contribution in [0.1, 0.15) is 15.9 Å². The number of halogens is 3. The molecule has 0 aliphatic carbocycles. The molecule has 0 fully saturated rings. The molecule has 0 radical (unpaired) electrons. The highest BCUT2D eigenvalue weighted by atomic mass is 35.5. The van der Waals surface area contributed by atoms with Crippen LogP contribution in [0.2, 0.25) is 5.02 Å². The van der Waals surface area contributed by atoms with Crippen molar-refractivity contribution in [2.45, 2.75) is 13.2 Å². The number of amides is 1. The molecule has 1 N–H and O–H groups in total. The zero-order chi connectivity index (χ0) is 21.1. The largest absolute Gasteiger partial charge is 0.433 e. The number of hydrogen-bond acceptors (Lipinski definition) is 4. The van der Waals surface area contributed by atoms with Gasteiger partial charge in [-0.2, -0.15) is 13.9 Å². The lowest BCUT2D eigenvalue weighted by Crippen LogP contribution is -2.12. The van der Waals surface area contributed by atoms with E-state index in [1.165, 1.54) is 24.4 Å². The lowest BCUT2D eigenvalue weighted by atomic mass is 10.2. The summed E-state index contributed by atoms with van der Waals surface area (Å²) in [5.74, 6) is -0.586. The minimum Gasteiger partial charge on any atom is -0.433 e. The molecule has 0 unspecified atom stereocenters. The fourth-order valence-electron chi connectivity index (χ4n) is 2.94. The van der Waals surface area contributed by atoms with Crippen LogP contribution in [0.3, 0.4) is 0 Å². The molecule has 9 heteroatoms.